The molecule has 1 aromatic carbocycles. The van der Waals surface area contributed by atoms with Crippen molar-refractivity contribution in [3.05, 3.63) is 24.8 Å². The summed E-state index contributed by atoms with van der Waals surface area (Å²) in [4.78, 5) is 0. The Labute approximate surface area is 123 Å². The van der Waals surface area contributed by atoms with Gasteiger partial charge in [0, 0.05) is 15.2 Å². The van der Waals surface area contributed by atoms with Gasteiger partial charge >= 0.3 is 0 Å². The zero-order valence-electron chi connectivity index (χ0n) is 7.91. The fraction of sp³-hybridized carbons (Fsp3) is 0.333. The van der Waals surface area contributed by atoms with Crippen molar-refractivity contribution in [2.24, 2.45) is 11.5 Å². The second-order valence-electron chi connectivity index (χ2n) is 3.01. The summed E-state index contributed by atoms with van der Waals surface area (Å²) in [6.07, 6.45) is 0.684. The molecule has 5 N–H and O–H groups in total. The number of rotatable bonds is 3. The van der Waals surface area contributed by atoms with Crippen LogP contribution in [0, 0.1) is 7.14 Å². The highest BCUT2D eigenvalue weighted by atomic mass is 127. The summed E-state index contributed by atoms with van der Waals surface area (Å²) < 4.78 is 1.91. The van der Waals surface area contributed by atoms with Crippen molar-refractivity contribution >= 4 is 57.6 Å². The summed E-state index contributed by atoms with van der Waals surface area (Å²) in [5.74, 6) is 0.284. The Hall–Kier alpha value is 0.690. The number of nitrogens with two attached hydrogens (primary N) is 2. The summed E-state index contributed by atoms with van der Waals surface area (Å²) in [5.41, 5.74) is 12.1. The van der Waals surface area contributed by atoms with E-state index in [1.807, 2.05) is 12.1 Å². The maximum Gasteiger partial charge on any atom is 0.133 e. The molecule has 0 spiro atoms. The fourth-order valence-electron chi connectivity index (χ4n) is 1.20. The molecule has 0 saturated heterocycles. The lowest BCUT2D eigenvalue weighted by atomic mass is 10.0. The van der Waals surface area contributed by atoms with Gasteiger partial charge in [-0.2, -0.15) is 0 Å². The Morgan fingerprint density at radius 1 is 1.33 bits per heavy atom. The van der Waals surface area contributed by atoms with E-state index in [9.17, 15) is 5.11 Å². The minimum atomic E-state index is -0.178. The lowest BCUT2D eigenvalue weighted by Crippen LogP contribution is -2.15. The number of aromatic hydroxyl groups is 1. The van der Waals surface area contributed by atoms with Gasteiger partial charge in [0.2, 0.25) is 0 Å². The first-order valence-corrected chi connectivity index (χ1v) is 6.35. The normalized spacial score (nSPS) is 12.0. The van der Waals surface area contributed by atoms with Gasteiger partial charge in [-0.25, -0.2) is 0 Å². The van der Waals surface area contributed by atoms with Gasteiger partial charge in [-0.1, -0.05) is 0 Å². The van der Waals surface area contributed by atoms with Crippen LogP contribution in [0.2, 0.25) is 0 Å². The summed E-state index contributed by atoms with van der Waals surface area (Å²) in [5, 5.41) is 9.79. The third-order valence-electron chi connectivity index (χ3n) is 1.93. The van der Waals surface area contributed by atoms with Crippen molar-refractivity contribution < 1.29 is 5.11 Å². The summed E-state index contributed by atoms with van der Waals surface area (Å²) in [6.45, 7) is 0.530. The predicted octanol–water partition coefficient (Wildman–Crippen LogP) is 2.37. The first-order chi connectivity index (χ1) is 6.56. The van der Waals surface area contributed by atoms with Crippen LogP contribution in [-0.4, -0.2) is 11.7 Å². The maximum absolute atomic E-state index is 9.79. The van der Waals surface area contributed by atoms with Gasteiger partial charge in [0.05, 0.1) is 3.57 Å². The van der Waals surface area contributed by atoms with Gasteiger partial charge in [0.25, 0.3) is 0 Å². The Balaban J connectivity index is 0.00000196. The van der Waals surface area contributed by atoms with E-state index in [-0.39, 0.29) is 24.2 Å². The number of phenolic OH excluding ortho intramolecular Hbond substituents is 1. The van der Waals surface area contributed by atoms with Crippen molar-refractivity contribution in [3.63, 3.8) is 0 Å². The van der Waals surface area contributed by atoms with E-state index < -0.39 is 0 Å². The Bertz CT molecular complexity index is 336. The summed E-state index contributed by atoms with van der Waals surface area (Å²) in [7, 11) is 0. The zero-order valence-corrected chi connectivity index (χ0v) is 13.0. The molecule has 6 heteroatoms. The number of benzene rings is 1. The third kappa shape index (κ3) is 4.22. The van der Waals surface area contributed by atoms with Crippen LogP contribution in [0.15, 0.2) is 12.1 Å². The van der Waals surface area contributed by atoms with Crippen molar-refractivity contribution in [3.8, 4) is 5.75 Å². The fourth-order valence-corrected chi connectivity index (χ4v) is 3.09. The number of hydrogen-bond donors (Lipinski definition) is 3. The molecule has 0 radical (unpaired) electrons. The average molecular weight is 454 g/mol. The van der Waals surface area contributed by atoms with Gasteiger partial charge in [-0.3, -0.25) is 0 Å². The van der Waals surface area contributed by atoms with E-state index >= 15 is 0 Å². The molecule has 0 unspecified atom stereocenters. The van der Waals surface area contributed by atoms with Crippen LogP contribution in [0.1, 0.15) is 18.0 Å². The molecule has 0 aliphatic rings. The smallest absolute Gasteiger partial charge is 0.133 e. The molecule has 1 rings (SSSR count). The molecule has 0 aliphatic carbocycles. The summed E-state index contributed by atoms with van der Waals surface area (Å²) >= 11 is 4.30. The SMILES string of the molecule is Cl.NCC[C@@H](N)c1cc(I)cc(I)c1O. The molecule has 0 heterocycles. The van der Waals surface area contributed by atoms with Crippen molar-refractivity contribution in [2.45, 2.75) is 12.5 Å². The van der Waals surface area contributed by atoms with Crippen LogP contribution in [0.3, 0.4) is 0 Å². The second kappa shape index (κ2) is 7.10. The maximum atomic E-state index is 9.79. The Morgan fingerprint density at radius 2 is 1.93 bits per heavy atom. The van der Waals surface area contributed by atoms with E-state index in [0.717, 1.165) is 12.7 Å². The molecule has 0 aliphatic heterocycles. The van der Waals surface area contributed by atoms with Crippen molar-refractivity contribution in [1.29, 1.82) is 0 Å². The van der Waals surface area contributed by atoms with Crippen LogP contribution in [0.5, 0.6) is 5.75 Å². The first kappa shape index (κ1) is 15.7. The molecule has 15 heavy (non-hydrogen) atoms. The first-order valence-electron chi connectivity index (χ1n) is 4.19. The largest absolute Gasteiger partial charge is 0.506 e. The Morgan fingerprint density at radius 3 is 2.47 bits per heavy atom. The molecule has 0 saturated carbocycles. The van der Waals surface area contributed by atoms with Crippen LogP contribution in [-0.2, 0) is 0 Å². The molecule has 86 valence electrons. The van der Waals surface area contributed by atoms with Crippen LogP contribution < -0.4 is 11.5 Å². The minimum Gasteiger partial charge on any atom is -0.506 e. The van der Waals surface area contributed by atoms with E-state index in [0.29, 0.717) is 13.0 Å². The molecular weight excluding hydrogens is 441 g/mol. The van der Waals surface area contributed by atoms with E-state index in [2.05, 4.69) is 45.2 Å². The second-order valence-corrected chi connectivity index (χ2v) is 5.42. The highest BCUT2D eigenvalue weighted by molar-refractivity contribution is 14.1. The van der Waals surface area contributed by atoms with Crippen LogP contribution in [0.25, 0.3) is 0 Å². The zero-order chi connectivity index (χ0) is 10.7. The topological polar surface area (TPSA) is 72.3 Å². The van der Waals surface area contributed by atoms with Crippen LogP contribution in [0.4, 0.5) is 0 Å². The molecule has 1 atom stereocenters. The molecule has 1 aromatic rings. The number of phenols is 1. The molecule has 0 amide bonds. The lowest BCUT2D eigenvalue weighted by molar-refractivity contribution is 0.455. The van der Waals surface area contributed by atoms with E-state index in [1.54, 1.807) is 0 Å². The van der Waals surface area contributed by atoms with Gasteiger partial charge in [0.15, 0.2) is 0 Å². The molecule has 0 bridgehead atoms. The molecule has 0 aromatic heterocycles. The van der Waals surface area contributed by atoms with E-state index in [4.69, 9.17) is 11.5 Å². The van der Waals surface area contributed by atoms with Crippen molar-refractivity contribution in [1.82, 2.24) is 0 Å². The minimum absolute atomic E-state index is 0. The number of hydrogen-bond acceptors (Lipinski definition) is 3. The van der Waals surface area contributed by atoms with Crippen molar-refractivity contribution in [2.75, 3.05) is 6.54 Å². The third-order valence-corrected chi connectivity index (χ3v) is 3.38. The molecule has 3 nitrogen and oxygen atoms in total. The predicted molar refractivity (Wildman–Crippen MR) is 81.4 cm³/mol. The van der Waals surface area contributed by atoms with Gasteiger partial charge < -0.3 is 16.6 Å². The lowest BCUT2D eigenvalue weighted by Gasteiger charge is -2.14. The van der Waals surface area contributed by atoms with Crippen LogP contribution >= 0.6 is 57.6 Å². The highest BCUT2D eigenvalue weighted by Gasteiger charge is 2.13. The van der Waals surface area contributed by atoms with Gasteiger partial charge in [-0.05, 0) is 70.3 Å². The Kier molecular flexibility index (Phi) is 7.43. The molecule has 0 fully saturated rings. The van der Waals surface area contributed by atoms with E-state index in [1.165, 1.54) is 0 Å². The van der Waals surface area contributed by atoms with Gasteiger partial charge in [-0.15, -0.1) is 12.4 Å². The quantitative estimate of drug-likeness (QED) is 0.615. The monoisotopic (exact) mass is 454 g/mol. The molecular formula is C9H13ClI2N2O. The van der Waals surface area contributed by atoms with Gasteiger partial charge in [0.1, 0.15) is 5.75 Å². The standard InChI is InChI=1S/C9H12I2N2O.ClH/c10-5-3-6(8(13)1-2-12)9(14)7(11)4-5;/h3-4,8,14H,1-2,12-13H2;1H/t8-;/m1./s1. The number of halogens is 3. The highest BCUT2D eigenvalue weighted by Crippen LogP contribution is 2.31. The average Bonchev–Trinajstić information content (AvgIpc) is 2.11. The summed E-state index contributed by atoms with van der Waals surface area (Å²) in [6, 6.07) is 3.64.